The topological polar surface area (TPSA) is 57.8 Å². The number of piperidine rings is 1. The molecule has 1 N–H and O–H groups in total. The lowest BCUT2D eigenvalue weighted by Crippen LogP contribution is -2.54. The van der Waals surface area contributed by atoms with Crippen LogP contribution in [0.1, 0.15) is 30.6 Å². The summed E-state index contributed by atoms with van der Waals surface area (Å²) < 4.78 is 5.66. The molecule has 6 nitrogen and oxygen atoms in total. The number of methoxy groups -OCH3 is 1. The van der Waals surface area contributed by atoms with Gasteiger partial charge in [0.15, 0.2) is 0 Å². The predicted octanol–water partition coefficient (Wildman–Crippen LogP) is 3.92. The maximum Gasteiger partial charge on any atom is 0.230 e. The summed E-state index contributed by atoms with van der Waals surface area (Å²) in [5, 5.41) is 3.16. The number of carbonyl (C=O) groups is 1. The van der Waals surface area contributed by atoms with Crippen molar-refractivity contribution >= 4 is 16.8 Å². The highest BCUT2D eigenvalue weighted by molar-refractivity contribution is 6.00. The van der Waals surface area contributed by atoms with Crippen LogP contribution in [0.15, 0.2) is 42.5 Å². The summed E-state index contributed by atoms with van der Waals surface area (Å²) in [5.74, 6) is 1.03. The second-order valence-corrected chi connectivity index (χ2v) is 8.93. The Balaban J connectivity index is 1.50. The Hall–Kier alpha value is -2.83. The van der Waals surface area contributed by atoms with Gasteiger partial charge in [-0.15, -0.1) is 0 Å². The van der Waals surface area contributed by atoms with Crippen molar-refractivity contribution in [1.29, 1.82) is 0 Å². The van der Waals surface area contributed by atoms with E-state index in [0.29, 0.717) is 0 Å². The van der Waals surface area contributed by atoms with Crippen LogP contribution in [0.3, 0.4) is 0 Å². The van der Waals surface area contributed by atoms with E-state index in [2.05, 4.69) is 40.2 Å². The third-order valence-electron chi connectivity index (χ3n) is 7.42. The second kappa shape index (κ2) is 6.84. The number of ether oxygens (including phenoxy) is 1. The number of aromatic nitrogens is 1. The quantitative estimate of drug-likeness (QED) is 0.687. The van der Waals surface area contributed by atoms with Crippen LogP contribution in [0.5, 0.6) is 5.75 Å². The molecule has 1 aromatic heterocycles. The number of fused-ring (bicyclic) bond motifs is 6. The molecule has 0 saturated carbocycles. The summed E-state index contributed by atoms with van der Waals surface area (Å²) in [6.07, 6.45) is 1.68. The van der Waals surface area contributed by atoms with Crippen LogP contribution in [0, 0.1) is 5.92 Å². The number of hydrogen-bond acceptors (Lipinski definition) is 4. The number of rotatable bonds is 2. The molecule has 160 valence electrons. The zero-order valence-electron chi connectivity index (χ0n) is 18.1. The largest absolute Gasteiger partial charge is 0.496 e. The molecule has 0 spiro atoms. The number of carbonyl (C=O) groups excluding carboxylic acids is 1. The second-order valence-electron chi connectivity index (χ2n) is 8.93. The molecule has 0 unspecified atom stereocenters. The van der Waals surface area contributed by atoms with Crippen molar-refractivity contribution in [2.45, 2.75) is 38.0 Å². The van der Waals surface area contributed by atoms with Crippen LogP contribution in [-0.2, 0) is 16.1 Å². The van der Waals surface area contributed by atoms with Crippen LogP contribution < -0.4 is 4.74 Å². The summed E-state index contributed by atoms with van der Waals surface area (Å²) in [6, 6.07) is 14.7. The maximum absolute atomic E-state index is 13.4. The fourth-order valence-electron chi connectivity index (χ4n) is 6.05. The average molecular weight is 418 g/mol. The average Bonchev–Trinajstić information content (AvgIpc) is 3.31. The number of aromatic amines is 1. The van der Waals surface area contributed by atoms with E-state index in [-0.39, 0.29) is 30.0 Å². The lowest BCUT2D eigenvalue weighted by atomic mass is 9.80. The van der Waals surface area contributed by atoms with Crippen molar-refractivity contribution in [3.05, 3.63) is 53.7 Å². The molecule has 31 heavy (non-hydrogen) atoms. The van der Waals surface area contributed by atoms with Gasteiger partial charge >= 0.3 is 0 Å². The molecule has 0 radical (unpaired) electrons. The summed E-state index contributed by atoms with van der Waals surface area (Å²) in [7, 11) is 3.67. The molecule has 1 amide bonds. The number of para-hydroxylation sites is 1. The summed E-state index contributed by atoms with van der Waals surface area (Å²) >= 11 is 0. The number of hydroxylamine groups is 2. The molecular formula is C25H27N3O3. The van der Waals surface area contributed by atoms with Crippen molar-refractivity contribution in [2.75, 3.05) is 20.7 Å². The third kappa shape index (κ3) is 2.61. The number of amides is 1. The van der Waals surface area contributed by atoms with Gasteiger partial charge in [-0.25, -0.2) is 0 Å². The third-order valence-corrected chi connectivity index (χ3v) is 7.42. The Morgan fingerprint density at radius 3 is 2.77 bits per heavy atom. The fraction of sp³-hybridized carbons (Fsp3) is 0.400. The van der Waals surface area contributed by atoms with Crippen LogP contribution in [0.4, 0.5) is 0 Å². The highest BCUT2D eigenvalue weighted by Gasteiger charge is 2.53. The Morgan fingerprint density at radius 1 is 1.13 bits per heavy atom. The summed E-state index contributed by atoms with van der Waals surface area (Å²) in [6.45, 7) is 2.76. The predicted molar refractivity (Wildman–Crippen MR) is 119 cm³/mol. The van der Waals surface area contributed by atoms with E-state index >= 15 is 0 Å². The highest BCUT2D eigenvalue weighted by atomic mass is 16.7. The molecule has 2 fully saturated rings. The van der Waals surface area contributed by atoms with Gasteiger partial charge in [-0.3, -0.25) is 9.63 Å². The van der Waals surface area contributed by atoms with Gasteiger partial charge in [0, 0.05) is 35.8 Å². The van der Waals surface area contributed by atoms with E-state index in [1.807, 2.05) is 31.2 Å². The first-order valence-electron chi connectivity index (χ1n) is 11.1. The SMILES string of the molecule is COc1ccccc1-c1cccc2[nH]c3c(c12)CCN1C(=O)[C@H]2[C@H](C)ON(C)[C@H]2C[C@@H]31. The zero-order valence-corrected chi connectivity index (χ0v) is 18.1. The van der Waals surface area contributed by atoms with Crippen LogP contribution in [0.2, 0.25) is 0 Å². The van der Waals surface area contributed by atoms with Gasteiger partial charge in [0.05, 0.1) is 31.2 Å². The molecule has 3 aliphatic rings. The summed E-state index contributed by atoms with van der Waals surface area (Å²) in [4.78, 5) is 25.1. The molecule has 3 aromatic rings. The smallest absolute Gasteiger partial charge is 0.230 e. The first-order chi connectivity index (χ1) is 15.1. The van der Waals surface area contributed by atoms with Crippen molar-refractivity contribution in [3.63, 3.8) is 0 Å². The van der Waals surface area contributed by atoms with Gasteiger partial charge in [0.25, 0.3) is 0 Å². The molecule has 0 aliphatic carbocycles. The molecule has 6 rings (SSSR count). The van der Waals surface area contributed by atoms with Gasteiger partial charge < -0.3 is 14.6 Å². The number of nitrogens with zero attached hydrogens (tertiary/aromatic N) is 2. The Bertz CT molecular complexity index is 1190. The minimum Gasteiger partial charge on any atom is -0.496 e. The van der Waals surface area contributed by atoms with E-state index in [9.17, 15) is 4.79 Å². The van der Waals surface area contributed by atoms with Crippen LogP contribution in [-0.4, -0.2) is 53.7 Å². The molecule has 4 atom stereocenters. The molecule has 0 bridgehead atoms. The minimum absolute atomic E-state index is 0.0618. The van der Waals surface area contributed by atoms with Crippen LogP contribution >= 0.6 is 0 Å². The van der Waals surface area contributed by atoms with Gasteiger partial charge in [-0.2, -0.15) is 5.06 Å². The van der Waals surface area contributed by atoms with E-state index in [0.717, 1.165) is 36.2 Å². The number of benzene rings is 2. The van der Waals surface area contributed by atoms with Crippen molar-refractivity contribution in [1.82, 2.24) is 14.9 Å². The monoisotopic (exact) mass is 417 g/mol. The Labute approximate surface area is 181 Å². The van der Waals surface area contributed by atoms with E-state index in [1.165, 1.54) is 22.2 Å². The van der Waals surface area contributed by atoms with Crippen molar-refractivity contribution < 1.29 is 14.4 Å². The van der Waals surface area contributed by atoms with Gasteiger partial charge in [0.2, 0.25) is 5.91 Å². The van der Waals surface area contributed by atoms with E-state index in [4.69, 9.17) is 9.57 Å². The first kappa shape index (κ1) is 18.9. The lowest BCUT2D eigenvalue weighted by Gasteiger charge is -2.44. The fourth-order valence-corrected chi connectivity index (χ4v) is 6.05. The molecule has 6 heteroatoms. The normalized spacial score (nSPS) is 27.8. The number of nitrogens with one attached hydrogen (secondary N) is 1. The highest BCUT2D eigenvalue weighted by Crippen LogP contribution is 2.47. The standard InChI is InChI=1S/C25H27N3O3/c1-14-22-19(27(2)31-14)13-20-24-17(11-12-28(20)25(22)29)23-16(8-6-9-18(23)26-24)15-7-4-5-10-21(15)30-3/h4-10,14,19-20,22,26H,11-13H2,1-3H3/t14-,19-,20-,22-/m0/s1. The Morgan fingerprint density at radius 2 is 1.94 bits per heavy atom. The van der Waals surface area contributed by atoms with Gasteiger partial charge in [0.1, 0.15) is 5.75 Å². The number of hydrogen-bond donors (Lipinski definition) is 1. The van der Waals surface area contributed by atoms with E-state index < -0.39 is 0 Å². The first-order valence-corrected chi connectivity index (χ1v) is 11.1. The van der Waals surface area contributed by atoms with E-state index in [1.54, 1.807) is 7.11 Å². The Kier molecular flexibility index (Phi) is 4.17. The lowest BCUT2D eigenvalue weighted by molar-refractivity contribution is -0.146. The molecule has 4 heterocycles. The minimum atomic E-state index is -0.0729. The van der Waals surface area contributed by atoms with Gasteiger partial charge in [-0.05, 0) is 43.0 Å². The molecule has 2 saturated heterocycles. The van der Waals surface area contributed by atoms with Crippen LogP contribution in [0.25, 0.3) is 22.0 Å². The number of H-pyrrole nitrogens is 1. The van der Waals surface area contributed by atoms with Crippen molar-refractivity contribution in [3.8, 4) is 16.9 Å². The van der Waals surface area contributed by atoms with Crippen molar-refractivity contribution in [2.24, 2.45) is 5.92 Å². The van der Waals surface area contributed by atoms with Gasteiger partial charge in [-0.1, -0.05) is 30.3 Å². The zero-order chi connectivity index (χ0) is 21.3. The molecule has 3 aliphatic heterocycles. The maximum atomic E-state index is 13.4. The summed E-state index contributed by atoms with van der Waals surface area (Å²) in [5.41, 5.74) is 5.91. The molecular weight excluding hydrogens is 390 g/mol. The molecule has 2 aromatic carbocycles.